The molecule has 1 saturated heterocycles. The second kappa shape index (κ2) is 8.04. The third kappa shape index (κ3) is 3.64. The average Bonchev–Trinajstić information content (AvgIpc) is 3.13. The number of benzene rings is 3. The van der Waals surface area contributed by atoms with Crippen molar-refractivity contribution in [2.75, 3.05) is 31.1 Å². The maximum absolute atomic E-state index is 10.9. The minimum Gasteiger partial charge on any atom is -0.369 e. The fraction of sp³-hybridized carbons (Fsp3) is 0.280. The highest BCUT2D eigenvalue weighted by molar-refractivity contribution is 6.08. The molecular weight excluding hydrogens is 388 g/mol. The molecule has 0 unspecified atom stereocenters. The molecule has 2 heterocycles. The number of para-hydroxylation sites is 1. The van der Waals surface area contributed by atoms with Crippen LogP contribution in [0.5, 0.6) is 0 Å². The molecule has 1 aliphatic rings. The van der Waals surface area contributed by atoms with Crippen LogP contribution in [0.4, 0.5) is 11.4 Å². The van der Waals surface area contributed by atoms with Crippen LogP contribution in [-0.4, -0.2) is 40.6 Å². The molecule has 0 bridgehead atoms. The molecule has 0 amide bonds. The first-order valence-electron chi connectivity index (χ1n) is 10.9. The van der Waals surface area contributed by atoms with Gasteiger partial charge in [0, 0.05) is 78.9 Å². The van der Waals surface area contributed by atoms with Gasteiger partial charge in [-0.2, -0.15) is 0 Å². The van der Waals surface area contributed by atoms with Crippen LogP contribution in [-0.2, 0) is 13.1 Å². The molecule has 0 N–H and O–H groups in total. The van der Waals surface area contributed by atoms with Crippen LogP contribution >= 0.6 is 0 Å². The summed E-state index contributed by atoms with van der Waals surface area (Å²) in [5.74, 6) is 0. The van der Waals surface area contributed by atoms with Gasteiger partial charge in [0.25, 0.3) is 5.69 Å². The number of anilines is 1. The Bertz CT molecular complexity index is 1240. The Morgan fingerprint density at radius 2 is 1.58 bits per heavy atom. The summed E-state index contributed by atoms with van der Waals surface area (Å²) >= 11 is 0. The van der Waals surface area contributed by atoms with Crippen LogP contribution in [0.1, 0.15) is 12.5 Å². The molecule has 1 fully saturated rings. The number of rotatable bonds is 5. The normalized spacial score (nSPS) is 15.1. The monoisotopic (exact) mass is 414 g/mol. The lowest BCUT2D eigenvalue weighted by molar-refractivity contribution is -0.384. The topological polar surface area (TPSA) is 54.5 Å². The van der Waals surface area contributed by atoms with Gasteiger partial charge in [0.1, 0.15) is 0 Å². The number of nitro groups is 1. The van der Waals surface area contributed by atoms with Gasteiger partial charge in [0.05, 0.1) is 4.92 Å². The molecule has 0 spiro atoms. The van der Waals surface area contributed by atoms with Crippen molar-refractivity contribution in [3.63, 3.8) is 0 Å². The summed E-state index contributed by atoms with van der Waals surface area (Å²) in [6.45, 7) is 7.91. The first kappa shape index (κ1) is 19.6. The van der Waals surface area contributed by atoms with Gasteiger partial charge in [0.15, 0.2) is 0 Å². The zero-order valence-electron chi connectivity index (χ0n) is 17.7. The molecule has 0 radical (unpaired) electrons. The molecule has 3 aromatic carbocycles. The van der Waals surface area contributed by atoms with E-state index in [1.807, 2.05) is 12.1 Å². The van der Waals surface area contributed by atoms with Crippen molar-refractivity contribution in [3.05, 3.63) is 82.4 Å². The lowest BCUT2D eigenvalue weighted by Crippen LogP contribution is -2.45. The zero-order chi connectivity index (χ0) is 21.4. The summed E-state index contributed by atoms with van der Waals surface area (Å²) in [4.78, 5) is 15.3. The van der Waals surface area contributed by atoms with E-state index in [4.69, 9.17) is 0 Å². The van der Waals surface area contributed by atoms with E-state index in [2.05, 4.69) is 63.8 Å². The van der Waals surface area contributed by atoms with Gasteiger partial charge >= 0.3 is 0 Å². The zero-order valence-corrected chi connectivity index (χ0v) is 17.7. The van der Waals surface area contributed by atoms with Gasteiger partial charge in [-0.1, -0.05) is 24.3 Å². The first-order chi connectivity index (χ1) is 15.1. The number of nitrogens with zero attached hydrogens (tertiary/aromatic N) is 4. The lowest BCUT2D eigenvalue weighted by Gasteiger charge is -2.36. The van der Waals surface area contributed by atoms with Crippen molar-refractivity contribution in [1.29, 1.82) is 0 Å². The highest BCUT2D eigenvalue weighted by Crippen LogP contribution is 2.30. The molecule has 6 nitrogen and oxygen atoms in total. The molecule has 0 saturated carbocycles. The maximum Gasteiger partial charge on any atom is 0.269 e. The van der Waals surface area contributed by atoms with Gasteiger partial charge in [0.2, 0.25) is 0 Å². The Hall–Kier alpha value is -3.38. The molecule has 6 heteroatoms. The number of aryl methyl sites for hydroxylation is 1. The van der Waals surface area contributed by atoms with E-state index in [0.29, 0.717) is 0 Å². The number of hydrogen-bond acceptors (Lipinski definition) is 4. The van der Waals surface area contributed by atoms with E-state index in [1.165, 1.54) is 27.4 Å². The summed E-state index contributed by atoms with van der Waals surface area (Å²) < 4.78 is 2.39. The third-order valence-electron chi connectivity index (χ3n) is 6.36. The largest absolute Gasteiger partial charge is 0.369 e. The van der Waals surface area contributed by atoms with E-state index in [1.54, 1.807) is 12.1 Å². The molecule has 0 aliphatic carbocycles. The molecule has 5 rings (SSSR count). The Kier molecular flexibility index (Phi) is 5.08. The quantitative estimate of drug-likeness (QED) is 0.339. The summed E-state index contributed by atoms with van der Waals surface area (Å²) in [5, 5.41) is 13.5. The minimum atomic E-state index is -0.351. The Labute approximate surface area is 181 Å². The second-order valence-corrected chi connectivity index (χ2v) is 8.15. The Morgan fingerprint density at radius 1 is 0.871 bits per heavy atom. The van der Waals surface area contributed by atoms with Crippen molar-refractivity contribution in [3.8, 4) is 0 Å². The molecular formula is C25H26N4O2. The molecule has 1 aliphatic heterocycles. The number of piperazine rings is 1. The molecule has 4 aromatic rings. The minimum absolute atomic E-state index is 0.141. The number of non-ortho nitro benzene ring substituents is 1. The van der Waals surface area contributed by atoms with E-state index in [-0.39, 0.29) is 10.6 Å². The van der Waals surface area contributed by atoms with Crippen LogP contribution in [0, 0.1) is 10.1 Å². The predicted molar refractivity (Wildman–Crippen MR) is 126 cm³/mol. The SMILES string of the molecule is CCn1c2ccccc2c2cc(CN3CCN(c4ccc([N+](=O)[O-])cc4)CC3)ccc21. The Balaban J connectivity index is 1.30. The highest BCUT2D eigenvalue weighted by Gasteiger charge is 2.19. The standard InChI is InChI=1S/C25H26N4O2/c1-2-28-24-6-4-3-5-22(24)23-17-19(7-12-25(23)28)18-26-13-15-27(16-14-26)20-8-10-21(11-9-20)29(30)31/h3-12,17H,2,13-16,18H2,1H3. The number of hydrogen-bond donors (Lipinski definition) is 0. The fourth-order valence-corrected chi connectivity index (χ4v) is 4.75. The summed E-state index contributed by atoms with van der Waals surface area (Å²) in [6.07, 6.45) is 0. The van der Waals surface area contributed by atoms with Crippen molar-refractivity contribution >= 4 is 33.2 Å². The first-order valence-corrected chi connectivity index (χ1v) is 10.9. The molecule has 0 atom stereocenters. The van der Waals surface area contributed by atoms with Gasteiger partial charge in [-0.25, -0.2) is 0 Å². The fourth-order valence-electron chi connectivity index (χ4n) is 4.75. The van der Waals surface area contributed by atoms with Gasteiger partial charge < -0.3 is 9.47 Å². The van der Waals surface area contributed by atoms with Crippen molar-refractivity contribution in [1.82, 2.24) is 9.47 Å². The summed E-state index contributed by atoms with van der Waals surface area (Å²) in [7, 11) is 0. The number of fused-ring (bicyclic) bond motifs is 3. The van der Waals surface area contributed by atoms with Crippen molar-refractivity contribution in [2.24, 2.45) is 0 Å². The smallest absolute Gasteiger partial charge is 0.269 e. The lowest BCUT2D eigenvalue weighted by atomic mass is 10.1. The molecule has 31 heavy (non-hydrogen) atoms. The summed E-state index contributed by atoms with van der Waals surface area (Å²) in [6, 6.07) is 22.4. The second-order valence-electron chi connectivity index (χ2n) is 8.15. The number of aromatic nitrogens is 1. The van der Waals surface area contributed by atoms with Crippen LogP contribution in [0.15, 0.2) is 66.7 Å². The molecule has 1 aromatic heterocycles. The van der Waals surface area contributed by atoms with E-state index in [9.17, 15) is 10.1 Å². The number of nitro benzene ring substituents is 1. The van der Waals surface area contributed by atoms with Crippen molar-refractivity contribution in [2.45, 2.75) is 20.0 Å². The average molecular weight is 415 g/mol. The van der Waals surface area contributed by atoms with Crippen LogP contribution in [0.2, 0.25) is 0 Å². The summed E-state index contributed by atoms with van der Waals surface area (Å²) in [5.41, 5.74) is 5.14. The van der Waals surface area contributed by atoms with Crippen LogP contribution < -0.4 is 4.90 Å². The predicted octanol–water partition coefficient (Wildman–Crippen LogP) is 5.04. The van der Waals surface area contributed by atoms with Crippen LogP contribution in [0.25, 0.3) is 21.8 Å². The van der Waals surface area contributed by atoms with Gasteiger partial charge in [-0.15, -0.1) is 0 Å². The van der Waals surface area contributed by atoms with E-state index < -0.39 is 0 Å². The third-order valence-corrected chi connectivity index (χ3v) is 6.36. The van der Waals surface area contributed by atoms with Gasteiger partial charge in [-0.05, 0) is 42.8 Å². The van der Waals surface area contributed by atoms with E-state index in [0.717, 1.165) is 45.0 Å². The Morgan fingerprint density at radius 3 is 2.29 bits per heavy atom. The van der Waals surface area contributed by atoms with Crippen molar-refractivity contribution < 1.29 is 4.92 Å². The van der Waals surface area contributed by atoms with E-state index >= 15 is 0 Å². The van der Waals surface area contributed by atoms with Gasteiger partial charge in [-0.3, -0.25) is 15.0 Å². The van der Waals surface area contributed by atoms with Crippen LogP contribution in [0.3, 0.4) is 0 Å². The molecule has 158 valence electrons. The highest BCUT2D eigenvalue weighted by atomic mass is 16.6. The maximum atomic E-state index is 10.9.